The van der Waals surface area contributed by atoms with E-state index in [1.165, 1.54) is 5.39 Å². The highest BCUT2D eigenvalue weighted by Crippen LogP contribution is 2.25. The van der Waals surface area contributed by atoms with Crippen molar-refractivity contribution < 1.29 is 4.74 Å². The molecule has 0 aliphatic rings. The van der Waals surface area contributed by atoms with Gasteiger partial charge < -0.3 is 10.5 Å². The van der Waals surface area contributed by atoms with Gasteiger partial charge in [0.25, 0.3) is 0 Å². The summed E-state index contributed by atoms with van der Waals surface area (Å²) in [6.45, 7) is 1.47. The molecule has 20 heavy (non-hydrogen) atoms. The number of ether oxygens (including phenoxy) is 1. The Morgan fingerprint density at radius 1 is 1.05 bits per heavy atom. The van der Waals surface area contributed by atoms with Gasteiger partial charge in [0.15, 0.2) is 0 Å². The first-order valence-electron chi connectivity index (χ1n) is 6.72. The van der Waals surface area contributed by atoms with Gasteiger partial charge >= 0.3 is 0 Å². The second kappa shape index (κ2) is 5.65. The lowest BCUT2D eigenvalue weighted by Gasteiger charge is -2.09. The number of aryl methyl sites for hydroxylation is 1. The summed E-state index contributed by atoms with van der Waals surface area (Å²) in [5, 5.41) is 6.49. The first kappa shape index (κ1) is 12.5. The van der Waals surface area contributed by atoms with E-state index in [-0.39, 0.29) is 0 Å². The molecule has 102 valence electrons. The normalized spacial score (nSPS) is 10.8. The first-order valence-corrected chi connectivity index (χ1v) is 6.72. The third-order valence-electron chi connectivity index (χ3n) is 3.20. The van der Waals surface area contributed by atoms with Crippen LogP contribution in [0.4, 0.5) is 5.82 Å². The zero-order valence-corrected chi connectivity index (χ0v) is 11.2. The van der Waals surface area contributed by atoms with Gasteiger partial charge in [-0.1, -0.05) is 36.4 Å². The van der Waals surface area contributed by atoms with Gasteiger partial charge in [-0.15, -0.1) is 0 Å². The molecule has 0 saturated carbocycles. The Morgan fingerprint density at radius 2 is 1.90 bits per heavy atom. The van der Waals surface area contributed by atoms with Gasteiger partial charge in [0.05, 0.1) is 6.61 Å². The van der Waals surface area contributed by atoms with Crippen LogP contribution in [0.25, 0.3) is 10.8 Å². The SMILES string of the molecule is Nc1ccn(CCCOc2cccc3ccccc23)n1. The summed E-state index contributed by atoms with van der Waals surface area (Å²) in [5.74, 6) is 1.49. The Kier molecular flexibility index (Phi) is 3.54. The van der Waals surface area contributed by atoms with Crippen molar-refractivity contribution in [1.82, 2.24) is 9.78 Å². The fraction of sp³-hybridized carbons (Fsp3) is 0.188. The second-order valence-electron chi connectivity index (χ2n) is 4.68. The molecule has 0 aliphatic heterocycles. The fourth-order valence-electron chi connectivity index (χ4n) is 2.23. The fourth-order valence-corrected chi connectivity index (χ4v) is 2.23. The molecule has 2 N–H and O–H groups in total. The Labute approximate surface area is 117 Å². The van der Waals surface area contributed by atoms with Gasteiger partial charge in [-0.25, -0.2) is 0 Å². The van der Waals surface area contributed by atoms with Crippen molar-refractivity contribution in [3.8, 4) is 5.75 Å². The van der Waals surface area contributed by atoms with Crippen molar-refractivity contribution in [3.63, 3.8) is 0 Å². The summed E-state index contributed by atoms with van der Waals surface area (Å²) in [4.78, 5) is 0. The number of hydrogen-bond donors (Lipinski definition) is 1. The van der Waals surface area contributed by atoms with Gasteiger partial charge in [0, 0.05) is 24.5 Å². The average molecular weight is 267 g/mol. The molecular formula is C16H17N3O. The Morgan fingerprint density at radius 3 is 2.75 bits per heavy atom. The van der Waals surface area contributed by atoms with E-state index in [0.717, 1.165) is 24.1 Å². The molecule has 3 aromatic rings. The van der Waals surface area contributed by atoms with Crippen LogP contribution in [0.2, 0.25) is 0 Å². The lowest BCUT2D eigenvalue weighted by Crippen LogP contribution is -2.05. The zero-order valence-electron chi connectivity index (χ0n) is 11.2. The van der Waals surface area contributed by atoms with Crippen LogP contribution in [0.3, 0.4) is 0 Å². The number of nitrogen functional groups attached to an aromatic ring is 1. The summed E-state index contributed by atoms with van der Waals surface area (Å²) in [5.41, 5.74) is 5.57. The molecule has 0 radical (unpaired) electrons. The molecular weight excluding hydrogens is 250 g/mol. The molecule has 1 heterocycles. The monoisotopic (exact) mass is 267 g/mol. The van der Waals surface area contributed by atoms with E-state index in [0.29, 0.717) is 12.4 Å². The molecule has 3 rings (SSSR count). The van der Waals surface area contributed by atoms with E-state index >= 15 is 0 Å². The third kappa shape index (κ3) is 2.74. The molecule has 4 heteroatoms. The lowest BCUT2D eigenvalue weighted by atomic mass is 10.1. The number of nitrogens with zero attached hydrogens (tertiary/aromatic N) is 2. The molecule has 0 atom stereocenters. The van der Waals surface area contributed by atoms with Crippen molar-refractivity contribution >= 4 is 16.6 Å². The number of aromatic nitrogens is 2. The van der Waals surface area contributed by atoms with Crippen LogP contribution in [0, 0.1) is 0 Å². The molecule has 0 spiro atoms. The second-order valence-corrected chi connectivity index (χ2v) is 4.68. The maximum absolute atomic E-state index is 5.88. The number of nitrogens with two attached hydrogens (primary N) is 1. The van der Waals surface area contributed by atoms with Gasteiger partial charge in [-0.2, -0.15) is 5.10 Å². The molecule has 2 aromatic carbocycles. The van der Waals surface area contributed by atoms with Crippen molar-refractivity contribution in [1.29, 1.82) is 0 Å². The highest BCUT2D eigenvalue weighted by atomic mass is 16.5. The Balaban J connectivity index is 1.60. The largest absolute Gasteiger partial charge is 0.493 e. The van der Waals surface area contributed by atoms with Gasteiger partial charge in [-0.3, -0.25) is 4.68 Å². The number of hydrogen-bond acceptors (Lipinski definition) is 3. The zero-order chi connectivity index (χ0) is 13.8. The third-order valence-corrected chi connectivity index (χ3v) is 3.20. The average Bonchev–Trinajstić information content (AvgIpc) is 2.89. The summed E-state index contributed by atoms with van der Waals surface area (Å²) < 4.78 is 7.71. The van der Waals surface area contributed by atoms with E-state index in [1.807, 2.05) is 35.1 Å². The van der Waals surface area contributed by atoms with Crippen LogP contribution in [0.15, 0.2) is 54.7 Å². The van der Waals surface area contributed by atoms with Crippen LogP contribution in [-0.2, 0) is 6.54 Å². The molecule has 4 nitrogen and oxygen atoms in total. The molecule has 1 aromatic heterocycles. The number of benzene rings is 2. The van der Waals surface area contributed by atoms with Crippen LogP contribution >= 0.6 is 0 Å². The highest BCUT2D eigenvalue weighted by molar-refractivity contribution is 5.88. The van der Waals surface area contributed by atoms with E-state index < -0.39 is 0 Å². The van der Waals surface area contributed by atoms with Gasteiger partial charge in [-0.05, 0) is 17.5 Å². The van der Waals surface area contributed by atoms with E-state index in [1.54, 1.807) is 6.07 Å². The highest BCUT2D eigenvalue weighted by Gasteiger charge is 2.01. The molecule has 0 aliphatic carbocycles. The molecule has 0 amide bonds. The minimum atomic E-state index is 0.556. The maximum Gasteiger partial charge on any atom is 0.145 e. The Hall–Kier alpha value is -2.49. The van der Waals surface area contributed by atoms with Crippen LogP contribution in [-0.4, -0.2) is 16.4 Å². The minimum Gasteiger partial charge on any atom is -0.493 e. The minimum absolute atomic E-state index is 0.556. The van der Waals surface area contributed by atoms with E-state index in [4.69, 9.17) is 10.5 Å². The number of anilines is 1. The molecule has 0 unspecified atom stereocenters. The topological polar surface area (TPSA) is 53.1 Å². The maximum atomic E-state index is 5.88. The van der Waals surface area contributed by atoms with Crippen molar-refractivity contribution in [2.24, 2.45) is 0 Å². The van der Waals surface area contributed by atoms with Crippen LogP contribution in [0.1, 0.15) is 6.42 Å². The van der Waals surface area contributed by atoms with E-state index in [9.17, 15) is 0 Å². The molecule has 0 fully saturated rings. The van der Waals surface area contributed by atoms with Crippen LogP contribution in [0.5, 0.6) is 5.75 Å². The van der Waals surface area contributed by atoms with Crippen molar-refractivity contribution in [3.05, 3.63) is 54.7 Å². The van der Waals surface area contributed by atoms with Crippen molar-refractivity contribution in [2.45, 2.75) is 13.0 Å². The summed E-state index contributed by atoms with van der Waals surface area (Å²) in [6.07, 6.45) is 2.78. The summed E-state index contributed by atoms with van der Waals surface area (Å²) in [7, 11) is 0. The predicted octanol–water partition coefficient (Wildman–Crippen LogP) is 3.09. The summed E-state index contributed by atoms with van der Waals surface area (Å²) >= 11 is 0. The molecule has 0 saturated heterocycles. The molecule has 0 bridgehead atoms. The Bertz CT molecular complexity index is 700. The smallest absolute Gasteiger partial charge is 0.145 e. The standard InChI is InChI=1S/C16H17N3O/c17-16-9-11-19(18-16)10-4-12-20-15-8-3-6-13-5-1-2-7-14(13)15/h1-3,5-9,11H,4,10,12H2,(H2,17,18). The van der Waals surface area contributed by atoms with Gasteiger partial charge in [0.1, 0.15) is 11.6 Å². The lowest BCUT2D eigenvalue weighted by molar-refractivity contribution is 0.302. The van der Waals surface area contributed by atoms with Crippen molar-refractivity contribution in [2.75, 3.05) is 12.3 Å². The number of rotatable bonds is 5. The predicted molar refractivity (Wildman–Crippen MR) is 80.7 cm³/mol. The van der Waals surface area contributed by atoms with E-state index in [2.05, 4.69) is 23.3 Å². The first-order chi connectivity index (χ1) is 9.83. The summed E-state index contributed by atoms with van der Waals surface area (Å²) in [6, 6.07) is 16.2. The van der Waals surface area contributed by atoms with Crippen LogP contribution < -0.4 is 10.5 Å². The number of fused-ring (bicyclic) bond motifs is 1. The van der Waals surface area contributed by atoms with Gasteiger partial charge in [0.2, 0.25) is 0 Å². The quantitative estimate of drug-likeness (QED) is 0.723.